The fraction of sp³-hybridized carbons (Fsp3) is 0.278. The molecule has 2 aliphatic rings. The van der Waals surface area contributed by atoms with Crippen molar-refractivity contribution in [2.45, 2.75) is 25.4 Å². The van der Waals surface area contributed by atoms with Crippen LogP contribution in [0, 0.1) is 0 Å². The van der Waals surface area contributed by atoms with Crippen LogP contribution >= 0.6 is 12.2 Å². The predicted octanol–water partition coefficient (Wildman–Crippen LogP) is 2.16. The van der Waals surface area contributed by atoms with Crippen molar-refractivity contribution in [2.75, 3.05) is 7.11 Å². The van der Waals surface area contributed by atoms with Crippen LogP contribution in [0.25, 0.3) is 6.08 Å². The molecule has 6 nitrogen and oxygen atoms in total. The molecule has 1 aliphatic carbocycles. The van der Waals surface area contributed by atoms with Gasteiger partial charge >= 0.3 is 0 Å². The second-order valence-electron chi connectivity index (χ2n) is 6.17. The molecule has 128 valence electrons. The average molecular weight is 354 g/mol. The Morgan fingerprint density at radius 3 is 2.96 bits per heavy atom. The van der Waals surface area contributed by atoms with Crippen LogP contribution < -0.4 is 10.1 Å². The molecule has 0 radical (unpaired) electrons. The van der Waals surface area contributed by atoms with Gasteiger partial charge in [0.05, 0.1) is 13.7 Å². The smallest absolute Gasteiger partial charge is 0.276 e. The van der Waals surface area contributed by atoms with Crippen molar-refractivity contribution < 1.29 is 9.53 Å². The highest BCUT2D eigenvalue weighted by molar-refractivity contribution is 7.80. The lowest BCUT2D eigenvalue weighted by molar-refractivity contribution is -0.122. The second kappa shape index (κ2) is 6.33. The highest BCUT2D eigenvalue weighted by Crippen LogP contribution is 2.31. The number of nitrogens with zero attached hydrogens (tertiary/aromatic N) is 3. The summed E-state index contributed by atoms with van der Waals surface area (Å²) >= 11 is 5.29. The predicted molar refractivity (Wildman–Crippen MR) is 97.9 cm³/mol. The minimum absolute atomic E-state index is 0.0445. The van der Waals surface area contributed by atoms with Gasteiger partial charge in [-0.3, -0.25) is 14.4 Å². The normalized spacial score (nSPS) is 18.8. The van der Waals surface area contributed by atoms with Crippen LogP contribution in [0.1, 0.15) is 24.0 Å². The van der Waals surface area contributed by atoms with Crippen molar-refractivity contribution in [3.8, 4) is 5.75 Å². The molecule has 0 spiro atoms. The maximum absolute atomic E-state index is 12.5. The van der Waals surface area contributed by atoms with Crippen LogP contribution in [-0.4, -0.2) is 38.9 Å². The average Bonchev–Trinajstić information content (AvgIpc) is 3.22. The van der Waals surface area contributed by atoms with Gasteiger partial charge in [-0.25, -0.2) is 0 Å². The summed E-state index contributed by atoms with van der Waals surface area (Å²) in [6.07, 6.45) is 7.53. The van der Waals surface area contributed by atoms with E-state index in [4.69, 9.17) is 17.0 Å². The summed E-state index contributed by atoms with van der Waals surface area (Å²) in [7, 11) is 1.65. The highest BCUT2D eigenvalue weighted by atomic mass is 32.1. The van der Waals surface area contributed by atoms with Gasteiger partial charge < -0.3 is 10.1 Å². The number of amides is 1. The third kappa shape index (κ3) is 3.15. The molecule has 0 unspecified atom stereocenters. The SMILES string of the molecule is COc1ccc(/C=C2/NC(=S)N(C3CC3)C2=O)cc1Cn1cccn1. The Morgan fingerprint density at radius 1 is 1.44 bits per heavy atom. The lowest BCUT2D eigenvalue weighted by Crippen LogP contribution is -2.32. The molecule has 1 aliphatic heterocycles. The van der Waals surface area contributed by atoms with E-state index < -0.39 is 0 Å². The van der Waals surface area contributed by atoms with E-state index >= 15 is 0 Å². The summed E-state index contributed by atoms with van der Waals surface area (Å²) in [5, 5.41) is 7.77. The topological polar surface area (TPSA) is 59.4 Å². The van der Waals surface area contributed by atoms with Gasteiger partial charge in [0.15, 0.2) is 5.11 Å². The Bertz CT molecular complexity index is 856. The lowest BCUT2D eigenvalue weighted by atomic mass is 10.1. The van der Waals surface area contributed by atoms with E-state index in [0.717, 1.165) is 29.7 Å². The van der Waals surface area contributed by atoms with Crippen LogP contribution in [0.5, 0.6) is 5.75 Å². The number of benzene rings is 1. The summed E-state index contributed by atoms with van der Waals surface area (Å²) in [5.74, 6) is 0.746. The molecular formula is C18H18N4O2S. The Labute approximate surface area is 151 Å². The quantitative estimate of drug-likeness (QED) is 0.659. The van der Waals surface area contributed by atoms with Gasteiger partial charge in [0, 0.05) is 24.0 Å². The zero-order chi connectivity index (χ0) is 17.4. The highest BCUT2D eigenvalue weighted by Gasteiger charge is 2.41. The number of hydrogen-bond acceptors (Lipinski definition) is 4. The summed E-state index contributed by atoms with van der Waals surface area (Å²) in [4.78, 5) is 14.2. The van der Waals surface area contributed by atoms with E-state index in [-0.39, 0.29) is 11.9 Å². The van der Waals surface area contributed by atoms with E-state index in [9.17, 15) is 4.79 Å². The summed E-state index contributed by atoms with van der Waals surface area (Å²) in [6.45, 7) is 0.598. The number of thiocarbonyl (C=S) groups is 1. The Kier molecular flexibility index (Phi) is 4.01. The van der Waals surface area contributed by atoms with Crippen molar-refractivity contribution in [3.05, 3.63) is 53.5 Å². The van der Waals surface area contributed by atoms with Gasteiger partial charge in [0.25, 0.3) is 5.91 Å². The van der Waals surface area contributed by atoms with Gasteiger partial charge in [-0.2, -0.15) is 5.10 Å². The maximum Gasteiger partial charge on any atom is 0.276 e. The molecule has 25 heavy (non-hydrogen) atoms. The third-order valence-electron chi connectivity index (χ3n) is 4.33. The van der Waals surface area contributed by atoms with Gasteiger partial charge in [0.1, 0.15) is 11.4 Å². The van der Waals surface area contributed by atoms with E-state index in [0.29, 0.717) is 17.4 Å². The number of carbonyl (C=O) groups excluding carboxylic acids is 1. The van der Waals surface area contributed by atoms with E-state index in [1.807, 2.05) is 41.2 Å². The first kappa shape index (κ1) is 15.8. The molecule has 7 heteroatoms. The van der Waals surface area contributed by atoms with Gasteiger partial charge in [0.2, 0.25) is 0 Å². The number of nitrogens with one attached hydrogen (secondary N) is 1. The van der Waals surface area contributed by atoms with Crippen molar-refractivity contribution >= 4 is 29.3 Å². The Hall–Kier alpha value is -2.67. The minimum Gasteiger partial charge on any atom is -0.496 e. The molecule has 0 atom stereocenters. The zero-order valence-corrected chi connectivity index (χ0v) is 14.6. The molecule has 1 aromatic carbocycles. The van der Waals surface area contributed by atoms with Crippen LogP contribution in [0.3, 0.4) is 0 Å². The summed E-state index contributed by atoms with van der Waals surface area (Å²) in [6, 6.07) is 7.99. The number of aromatic nitrogens is 2. The molecular weight excluding hydrogens is 336 g/mol. The first-order chi connectivity index (χ1) is 12.2. The molecule has 4 rings (SSSR count). The first-order valence-corrected chi connectivity index (χ1v) is 8.57. The van der Waals surface area contributed by atoms with Gasteiger partial charge in [-0.1, -0.05) is 6.07 Å². The monoisotopic (exact) mass is 354 g/mol. The number of carbonyl (C=O) groups is 1. The van der Waals surface area contributed by atoms with E-state index in [2.05, 4.69) is 10.4 Å². The first-order valence-electron chi connectivity index (χ1n) is 8.16. The van der Waals surface area contributed by atoms with Crippen LogP contribution in [0.4, 0.5) is 0 Å². The fourth-order valence-corrected chi connectivity index (χ4v) is 3.30. The zero-order valence-electron chi connectivity index (χ0n) is 13.8. The third-order valence-corrected chi connectivity index (χ3v) is 4.63. The van der Waals surface area contributed by atoms with Crippen LogP contribution in [0.2, 0.25) is 0 Å². The minimum atomic E-state index is -0.0445. The lowest BCUT2D eigenvalue weighted by Gasteiger charge is -2.11. The van der Waals surface area contributed by atoms with Gasteiger partial charge in [-0.05, 0) is 54.9 Å². The molecule has 1 aromatic heterocycles. The molecule has 2 aromatic rings. The molecule has 0 bridgehead atoms. The van der Waals surface area contributed by atoms with Crippen LogP contribution in [-0.2, 0) is 11.3 Å². The number of ether oxygens (including phenoxy) is 1. The van der Waals surface area contributed by atoms with Crippen molar-refractivity contribution in [1.29, 1.82) is 0 Å². The van der Waals surface area contributed by atoms with Crippen molar-refractivity contribution in [1.82, 2.24) is 20.0 Å². The maximum atomic E-state index is 12.5. The van der Waals surface area contributed by atoms with E-state index in [1.165, 1.54) is 0 Å². The number of hydrogen-bond donors (Lipinski definition) is 1. The molecule has 2 fully saturated rings. The number of methoxy groups -OCH3 is 1. The van der Waals surface area contributed by atoms with Crippen LogP contribution in [0.15, 0.2) is 42.4 Å². The Balaban J connectivity index is 1.62. The molecule has 1 saturated carbocycles. The van der Waals surface area contributed by atoms with Gasteiger partial charge in [-0.15, -0.1) is 0 Å². The number of rotatable bonds is 5. The Morgan fingerprint density at radius 2 is 2.28 bits per heavy atom. The molecule has 1 saturated heterocycles. The second-order valence-corrected chi connectivity index (χ2v) is 6.56. The molecule has 1 N–H and O–H groups in total. The van der Waals surface area contributed by atoms with E-state index in [1.54, 1.807) is 18.2 Å². The van der Waals surface area contributed by atoms with Crippen molar-refractivity contribution in [3.63, 3.8) is 0 Å². The standard InChI is InChI=1S/C18H18N4O2S/c1-24-16-6-3-12(9-13(16)11-21-8-2-7-19-21)10-15-17(23)22(14-4-5-14)18(25)20-15/h2-3,6-10,14H,4-5,11H2,1H3,(H,20,25)/b15-10+. The molecule has 1 amide bonds. The summed E-state index contributed by atoms with van der Waals surface area (Å²) < 4.78 is 7.27. The largest absolute Gasteiger partial charge is 0.496 e. The fourth-order valence-electron chi connectivity index (χ4n) is 2.96. The van der Waals surface area contributed by atoms with Crippen molar-refractivity contribution in [2.24, 2.45) is 0 Å². The summed E-state index contributed by atoms with van der Waals surface area (Å²) in [5.41, 5.74) is 2.43. The molecule has 2 heterocycles.